The Labute approximate surface area is 175 Å². The molecule has 0 radical (unpaired) electrons. The van der Waals surface area contributed by atoms with E-state index in [0.29, 0.717) is 5.92 Å². The molecule has 29 heavy (non-hydrogen) atoms. The van der Waals surface area contributed by atoms with Crippen molar-refractivity contribution < 1.29 is 0 Å². The predicted molar refractivity (Wildman–Crippen MR) is 123 cm³/mol. The van der Waals surface area contributed by atoms with Gasteiger partial charge in [-0.1, -0.05) is 103 Å². The molecule has 2 nitrogen and oxygen atoms in total. The fourth-order valence-electron chi connectivity index (χ4n) is 4.09. The lowest BCUT2D eigenvalue weighted by molar-refractivity contribution is 0.139. The third kappa shape index (κ3) is 5.66. The van der Waals surface area contributed by atoms with E-state index in [1.54, 1.807) is 0 Å². The van der Waals surface area contributed by atoms with Gasteiger partial charge in [-0.2, -0.15) is 0 Å². The van der Waals surface area contributed by atoms with E-state index in [1.807, 2.05) is 0 Å². The molecule has 1 saturated heterocycles. The lowest BCUT2D eigenvalue weighted by Gasteiger charge is -2.36. The summed E-state index contributed by atoms with van der Waals surface area (Å²) in [7, 11) is 0. The number of piperazine rings is 1. The van der Waals surface area contributed by atoms with Crippen LogP contribution in [-0.2, 0) is 0 Å². The second-order valence-corrected chi connectivity index (χ2v) is 7.79. The number of nitrogens with zero attached hydrogens (tertiary/aromatic N) is 2. The highest BCUT2D eigenvalue weighted by molar-refractivity contribution is 5.48. The van der Waals surface area contributed by atoms with Crippen LogP contribution >= 0.6 is 0 Å². The van der Waals surface area contributed by atoms with Crippen molar-refractivity contribution in [1.29, 1.82) is 0 Å². The smallest absolute Gasteiger partial charge is 0.0217 e. The summed E-state index contributed by atoms with van der Waals surface area (Å²) < 4.78 is 0. The summed E-state index contributed by atoms with van der Waals surface area (Å²) in [6, 6.07) is 32.5. The molecule has 1 aliphatic heterocycles. The Kier molecular flexibility index (Phi) is 6.90. The molecule has 1 aliphatic rings. The summed E-state index contributed by atoms with van der Waals surface area (Å²) in [5, 5.41) is 0. The van der Waals surface area contributed by atoms with Crippen LogP contribution in [0.1, 0.15) is 22.6 Å². The van der Waals surface area contributed by atoms with Crippen LogP contribution in [0.4, 0.5) is 0 Å². The minimum Gasteiger partial charge on any atom is -0.300 e. The standard InChI is InChI=1S/C27H30N2/c1-4-11-24(12-5-1)13-10-18-28-19-21-29(22-20-28)23-27(25-14-6-2-7-15-25)26-16-8-3-9-17-26/h1-17,27H,18-23H2. The first kappa shape index (κ1) is 19.6. The van der Waals surface area contributed by atoms with E-state index in [0.717, 1.165) is 39.3 Å². The summed E-state index contributed by atoms with van der Waals surface area (Å²) in [6.45, 7) is 6.65. The summed E-state index contributed by atoms with van der Waals surface area (Å²) in [5.74, 6) is 0.432. The van der Waals surface area contributed by atoms with Crippen LogP contribution in [-0.4, -0.2) is 49.1 Å². The van der Waals surface area contributed by atoms with Gasteiger partial charge in [0, 0.05) is 45.2 Å². The van der Waals surface area contributed by atoms with Gasteiger partial charge < -0.3 is 0 Å². The van der Waals surface area contributed by atoms with Crippen LogP contribution in [0.25, 0.3) is 6.08 Å². The summed E-state index contributed by atoms with van der Waals surface area (Å²) >= 11 is 0. The Hall–Kier alpha value is -2.68. The Morgan fingerprint density at radius 2 is 1.10 bits per heavy atom. The van der Waals surface area contributed by atoms with Gasteiger partial charge in [-0.15, -0.1) is 0 Å². The van der Waals surface area contributed by atoms with Gasteiger partial charge in [0.25, 0.3) is 0 Å². The molecule has 1 heterocycles. The second kappa shape index (κ2) is 10.2. The van der Waals surface area contributed by atoms with E-state index in [4.69, 9.17) is 0 Å². The Morgan fingerprint density at radius 3 is 1.66 bits per heavy atom. The largest absolute Gasteiger partial charge is 0.300 e. The highest BCUT2D eigenvalue weighted by atomic mass is 15.3. The summed E-state index contributed by atoms with van der Waals surface area (Å²) in [4.78, 5) is 5.18. The monoisotopic (exact) mass is 382 g/mol. The maximum Gasteiger partial charge on any atom is 0.0217 e. The quantitative estimate of drug-likeness (QED) is 0.558. The molecule has 0 N–H and O–H groups in total. The molecule has 0 amide bonds. The predicted octanol–water partition coefficient (Wildman–Crippen LogP) is 5.15. The van der Waals surface area contributed by atoms with Crippen molar-refractivity contribution in [2.75, 3.05) is 39.3 Å². The normalized spacial score (nSPS) is 15.9. The minimum atomic E-state index is 0.432. The van der Waals surface area contributed by atoms with Crippen LogP contribution in [0, 0.1) is 0 Å². The average molecular weight is 383 g/mol. The van der Waals surface area contributed by atoms with Crippen LogP contribution in [0.3, 0.4) is 0 Å². The van der Waals surface area contributed by atoms with Gasteiger partial charge in [-0.05, 0) is 16.7 Å². The first-order valence-electron chi connectivity index (χ1n) is 10.6. The fourth-order valence-corrected chi connectivity index (χ4v) is 4.09. The Balaban J connectivity index is 1.33. The van der Waals surface area contributed by atoms with Crippen LogP contribution in [0.5, 0.6) is 0 Å². The van der Waals surface area contributed by atoms with Crippen molar-refractivity contribution >= 4 is 6.08 Å². The molecule has 0 unspecified atom stereocenters. The average Bonchev–Trinajstić information content (AvgIpc) is 2.80. The minimum absolute atomic E-state index is 0.432. The van der Waals surface area contributed by atoms with Crippen molar-refractivity contribution in [2.45, 2.75) is 5.92 Å². The molecule has 0 aromatic heterocycles. The molecule has 3 aromatic rings. The van der Waals surface area contributed by atoms with E-state index in [1.165, 1.54) is 16.7 Å². The van der Waals surface area contributed by atoms with E-state index < -0.39 is 0 Å². The van der Waals surface area contributed by atoms with Gasteiger partial charge >= 0.3 is 0 Å². The summed E-state index contributed by atoms with van der Waals surface area (Å²) in [6.07, 6.45) is 4.52. The number of benzene rings is 3. The molecular weight excluding hydrogens is 352 g/mol. The van der Waals surface area contributed by atoms with Crippen molar-refractivity contribution in [3.05, 3.63) is 114 Å². The van der Waals surface area contributed by atoms with Crippen LogP contribution in [0.2, 0.25) is 0 Å². The molecule has 2 heteroatoms. The number of rotatable bonds is 7. The van der Waals surface area contributed by atoms with E-state index in [-0.39, 0.29) is 0 Å². The maximum absolute atomic E-state index is 2.63. The zero-order valence-corrected chi connectivity index (χ0v) is 17.0. The lowest BCUT2D eigenvalue weighted by Crippen LogP contribution is -2.47. The van der Waals surface area contributed by atoms with E-state index in [2.05, 4.69) is 113 Å². The molecule has 1 fully saturated rings. The molecule has 4 rings (SSSR count). The topological polar surface area (TPSA) is 6.48 Å². The Morgan fingerprint density at radius 1 is 0.621 bits per heavy atom. The zero-order chi connectivity index (χ0) is 19.7. The molecule has 0 aliphatic carbocycles. The third-order valence-corrected chi connectivity index (χ3v) is 5.78. The fraction of sp³-hybridized carbons (Fsp3) is 0.259. The first-order valence-corrected chi connectivity index (χ1v) is 10.6. The molecule has 148 valence electrons. The second-order valence-electron chi connectivity index (χ2n) is 7.79. The molecule has 0 saturated carbocycles. The maximum atomic E-state index is 2.63. The van der Waals surface area contributed by atoms with Crippen molar-refractivity contribution in [3.8, 4) is 0 Å². The van der Waals surface area contributed by atoms with Gasteiger partial charge in [-0.25, -0.2) is 0 Å². The van der Waals surface area contributed by atoms with Gasteiger partial charge in [-0.3, -0.25) is 9.80 Å². The van der Waals surface area contributed by atoms with Crippen molar-refractivity contribution in [2.24, 2.45) is 0 Å². The van der Waals surface area contributed by atoms with E-state index in [9.17, 15) is 0 Å². The highest BCUT2D eigenvalue weighted by Crippen LogP contribution is 2.26. The molecule has 0 bridgehead atoms. The number of hydrogen-bond acceptors (Lipinski definition) is 2. The molecule has 0 atom stereocenters. The molecular formula is C27H30N2. The summed E-state index contributed by atoms with van der Waals surface area (Å²) in [5.41, 5.74) is 4.10. The Bertz CT molecular complexity index is 827. The van der Waals surface area contributed by atoms with Gasteiger partial charge in [0.15, 0.2) is 0 Å². The molecule has 3 aromatic carbocycles. The third-order valence-electron chi connectivity index (χ3n) is 5.78. The van der Waals surface area contributed by atoms with Crippen LogP contribution in [0.15, 0.2) is 97.1 Å². The van der Waals surface area contributed by atoms with Gasteiger partial charge in [0.2, 0.25) is 0 Å². The molecule has 0 spiro atoms. The highest BCUT2D eigenvalue weighted by Gasteiger charge is 2.21. The van der Waals surface area contributed by atoms with E-state index >= 15 is 0 Å². The SMILES string of the molecule is C(=Cc1ccccc1)CN1CCN(CC(c2ccccc2)c2ccccc2)CC1. The van der Waals surface area contributed by atoms with Crippen molar-refractivity contribution in [3.63, 3.8) is 0 Å². The van der Waals surface area contributed by atoms with Crippen LogP contribution < -0.4 is 0 Å². The van der Waals surface area contributed by atoms with Crippen molar-refractivity contribution in [1.82, 2.24) is 9.80 Å². The van der Waals surface area contributed by atoms with Gasteiger partial charge in [0.05, 0.1) is 0 Å². The zero-order valence-electron chi connectivity index (χ0n) is 17.0. The lowest BCUT2D eigenvalue weighted by atomic mass is 9.90. The van der Waals surface area contributed by atoms with Gasteiger partial charge in [0.1, 0.15) is 0 Å². The number of hydrogen-bond donors (Lipinski definition) is 0. The first-order chi connectivity index (χ1) is 14.4.